The molecule has 38 heavy (non-hydrogen) atoms. The van der Waals surface area contributed by atoms with Crippen molar-refractivity contribution in [3.8, 4) is 17.4 Å². The maximum Gasteiger partial charge on any atom is 0.217 e. The summed E-state index contributed by atoms with van der Waals surface area (Å²) in [5.41, 5.74) is 3.08. The number of phenols is 1. The third-order valence-corrected chi connectivity index (χ3v) is 7.43. The number of aromatic hydroxyl groups is 1. The minimum absolute atomic E-state index is 0. The normalized spacial score (nSPS) is 19.7. The number of hydrogen-bond acceptors (Lipinski definition) is 5. The van der Waals surface area contributed by atoms with Gasteiger partial charge in [-0.1, -0.05) is 50.6 Å². The van der Waals surface area contributed by atoms with E-state index in [1.807, 2.05) is 54.6 Å². The van der Waals surface area contributed by atoms with Gasteiger partial charge in [-0.25, -0.2) is 9.83 Å². The number of fused-ring (bicyclic) bond motifs is 2. The van der Waals surface area contributed by atoms with Crippen molar-refractivity contribution in [2.24, 2.45) is 10.4 Å². The van der Waals surface area contributed by atoms with E-state index in [4.69, 9.17) is 16.3 Å². The second-order valence-corrected chi connectivity index (χ2v) is 10.4. The van der Waals surface area contributed by atoms with Gasteiger partial charge in [-0.15, -0.1) is 23.8 Å². The van der Waals surface area contributed by atoms with Gasteiger partial charge < -0.3 is 19.7 Å². The summed E-state index contributed by atoms with van der Waals surface area (Å²) in [5.74, 6) is 1.90. The molecule has 2 aliphatic rings. The average molecular weight is 683 g/mol. The van der Waals surface area contributed by atoms with Gasteiger partial charge in [0.15, 0.2) is 5.69 Å². The van der Waals surface area contributed by atoms with Crippen LogP contribution in [0.2, 0.25) is 0 Å². The van der Waals surface area contributed by atoms with Crippen LogP contribution in [0.1, 0.15) is 38.7 Å². The maximum absolute atomic E-state index is 10.2. The van der Waals surface area contributed by atoms with Crippen molar-refractivity contribution in [1.82, 2.24) is 4.98 Å². The van der Waals surface area contributed by atoms with Crippen molar-refractivity contribution in [1.29, 1.82) is 0 Å². The molecule has 3 aromatic carbocycles. The predicted octanol–water partition coefficient (Wildman–Crippen LogP) is 7.30. The number of nitrogens with zero attached hydrogens (tertiary/aromatic N) is 4. The van der Waals surface area contributed by atoms with Crippen LogP contribution in [0.25, 0.3) is 15.7 Å². The second-order valence-electron chi connectivity index (χ2n) is 10.4. The first kappa shape index (κ1) is 25.9. The Labute approximate surface area is 237 Å². The summed E-state index contributed by atoms with van der Waals surface area (Å²) in [5, 5.41) is 11.0. The van der Waals surface area contributed by atoms with Crippen LogP contribution < -0.4 is 9.64 Å². The number of amidine groups is 1. The number of rotatable bonds is 4. The number of hydrogen-bond donors (Lipinski definition) is 1. The van der Waals surface area contributed by atoms with Gasteiger partial charge in [0, 0.05) is 44.0 Å². The maximum atomic E-state index is 10.2. The largest absolute Gasteiger partial charge is 0.506 e. The first-order chi connectivity index (χ1) is 17.9. The Morgan fingerprint density at radius 1 is 1.05 bits per heavy atom. The van der Waals surface area contributed by atoms with Crippen molar-refractivity contribution in [2.45, 2.75) is 45.2 Å². The van der Waals surface area contributed by atoms with Crippen LogP contribution in [0.3, 0.4) is 0 Å². The molecular formula is C31H27N4O2Pt-. The first-order valence-electron chi connectivity index (χ1n) is 12.6. The van der Waals surface area contributed by atoms with Crippen molar-refractivity contribution in [3.05, 3.63) is 95.8 Å². The molecule has 194 valence electrons. The van der Waals surface area contributed by atoms with Crippen LogP contribution in [0, 0.1) is 18.1 Å². The average Bonchev–Trinajstić information content (AvgIpc) is 3.31. The number of benzene rings is 3. The Morgan fingerprint density at radius 3 is 2.63 bits per heavy atom. The van der Waals surface area contributed by atoms with E-state index in [0.29, 0.717) is 22.8 Å². The van der Waals surface area contributed by atoms with E-state index in [1.54, 1.807) is 18.2 Å². The van der Waals surface area contributed by atoms with E-state index in [2.05, 4.69) is 34.6 Å². The molecule has 0 spiro atoms. The summed E-state index contributed by atoms with van der Waals surface area (Å²) in [4.78, 5) is 15.6. The van der Waals surface area contributed by atoms with Gasteiger partial charge in [0.05, 0.1) is 24.5 Å². The number of aromatic nitrogens is 1. The Bertz CT molecular complexity index is 1560. The second kappa shape index (κ2) is 10.2. The first-order valence-corrected chi connectivity index (χ1v) is 12.6. The van der Waals surface area contributed by atoms with Gasteiger partial charge in [0.25, 0.3) is 0 Å². The Balaban J connectivity index is 0.00000294. The third-order valence-electron chi connectivity index (χ3n) is 7.43. The smallest absolute Gasteiger partial charge is 0.217 e. The van der Waals surface area contributed by atoms with Crippen LogP contribution in [-0.4, -0.2) is 28.0 Å². The predicted molar refractivity (Wildman–Crippen MR) is 146 cm³/mol. The van der Waals surface area contributed by atoms with Crippen LogP contribution in [0.4, 0.5) is 11.4 Å². The van der Waals surface area contributed by atoms with E-state index in [1.165, 1.54) is 0 Å². The molecule has 2 atom stereocenters. The Morgan fingerprint density at radius 2 is 1.84 bits per heavy atom. The summed E-state index contributed by atoms with van der Waals surface area (Å²) in [6, 6.07) is 26.4. The van der Waals surface area contributed by atoms with Crippen molar-refractivity contribution in [3.63, 3.8) is 0 Å². The molecule has 1 aliphatic heterocycles. The van der Waals surface area contributed by atoms with Crippen molar-refractivity contribution in [2.75, 3.05) is 4.90 Å². The molecule has 0 saturated heterocycles. The van der Waals surface area contributed by atoms with Crippen molar-refractivity contribution < 1.29 is 30.9 Å². The molecule has 1 saturated carbocycles. The number of pyridine rings is 1. The van der Waals surface area contributed by atoms with Gasteiger partial charge in [-0.3, -0.25) is 0 Å². The molecule has 6 nitrogen and oxygen atoms in total. The molecule has 7 heteroatoms. The van der Waals surface area contributed by atoms with Crippen molar-refractivity contribution >= 4 is 28.1 Å². The van der Waals surface area contributed by atoms with Gasteiger partial charge in [0.2, 0.25) is 5.88 Å². The minimum atomic E-state index is 0. The number of ether oxygens (including phenoxy) is 1. The summed E-state index contributed by atoms with van der Waals surface area (Å²) >= 11 is 0. The molecule has 2 heterocycles. The fraction of sp³-hybridized carbons (Fsp3) is 0.258. The summed E-state index contributed by atoms with van der Waals surface area (Å²) in [6.45, 7) is 12.0. The number of para-hydroxylation sites is 1. The van der Waals surface area contributed by atoms with Gasteiger partial charge in [-0.05, 0) is 42.5 Å². The fourth-order valence-corrected chi connectivity index (χ4v) is 5.69. The molecule has 1 aromatic heterocycles. The summed E-state index contributed by atoms with van der Waals surface area (Å²) < 4.78 is 6.09. The molecule has 0 radical (unpaired) electrons. The number of aliphatic imine (C=N–C) groups is 1. The van der Waals surface area contributed by atoms with E-state index in [0.717, 1.165) is 41.7 Å². The minimum Gasteiger partial charge on any atom is -0.506 e. The zero-order valence-electron chi connectivity index (χ0n) is 21.2. The molecule has 4 aromatic rings. The Hall–Kier alpha value is -3.68. The van der Waals surface area contributed by atoms with E-state index < -0.39 is 0 Å². The molecule has 1 fully saturated rings. The standard InChI is InChI=1S/C31H27N4O2.Pt/c1-31(2)18-6-10-25-29(31)35(23-15-13-22(32-3)14-16-23)30(33-25)21-8-4-9-24(19-21)37-27-17-12-20-7-5-11-26(36)28(20)34-27;/h4-5,7-9,11-17,25,29,36H,6,10,18H2,1-2H3;/q-1;/t25-,29+;/m0./s1. The van der Waals surface area contributed by atoms with Crippen LogP contribution in [-0.2, 0) is 21.1 Å². The Kier molecular flexibility index (Phi) is 6.99. The van der Waals surface area contributed by atoms with Crippen LogP contribution in [0.5, 0.6) is 17.4 Å². The van der Waals surface area contributed by atoms with Gasteiger partial charge in [0.1, 0.15) is 11.3 Å². The van der Waals surface area contributed by atoms with Crippen LogP contribution >= 0.6 is 0 Å². The molecular weight excluding hydrogens is 655 g/mol. The van der Waals surface area contributed by atoms with E-state index in [-0.39, 0.29) is 44.3 Å². The molecule has 1 N–H and O–H groups in total. The molecule has 0 amide bonds. The summed E-state index contributed by atoms with van der Waals surface area (Å²) in [6.07, 6.45) is 3.35. The number of phenolic OH excluding ortho intramolecular Hbond substituents is 1. The molecule has 0 unspecified atom stereocenters. The van der Waals surface area contributed by atoms with Gasteiger partial charge >= 0.3 is 0 Å². The summed E-state index contributed by atoms with van der Waals surface area (Å²) in [7, 11) is 0. The van der Waals surface area contributed by atoms with E-state index in [9.17, 15) is 5.11 Å². The fourth-order valence-electron chi connectivity index (χ4n) is 5.69. The van der Waals surface area contributed by atoms with Crippen LogP contribution in [0.15, 0.2) is 77.8 Å². The third kappa shape index (κ3) is 4.68. The van der Waals surface area contributed by atoms with Gasteiger partial charge in [-0.2, -0.15) is 0 Å². The van der Waals surface area contributed by atoms with E-state index >= 15 is 0 Å². The zero-order chi connectivity index (χ0) is 25.6. The topological polar surface area (TPSA) is 62.3 Å². The quantitative estimate of drug-likeness (QED) is 0.230. The molecule has 1 aliphatic carbocycles. The molecule has 0 bridgehead atoms. The molecule has 6 rings (SSSR count). The zero-order valence-corrected chi connectivity index (χ0v) is 23.4. The monoisotopic (exact) mass is 682 g/mol. The SMILES string of the molecule is [C-]#[N+]c1ccc(N2C(c3[c-]c(Oc4ccc5cccc(O)c5n4)ccc3)=N[C@H]3CCCC(C)(C)[C@@H]32)cc1.[Pt]. The number of anilines is 1.